The zero-order chi connectivity index (χ0) is 21.6. The normalized spacial score (nSPS) is 12.1. The maximum absolute atomic E-state index is 12.4. The first kappa shape index (κ1) is 19.4. The molecule has 0 aliphatic rings. The van der Waals surface area contributed by atoms with Crippen molar-refractivity contribution in [2.75, 3.05) is 0 Å². The highest BCUT2D eigenvalue weighted by Crippen LogP contribution is 2.33. The maximum Gasteiger partial charge on any atom is 0.180 e. The Morgan fingerprint density at radius 1 is 0.903 bits per heavy atom. The molecule has 0 aliphatic heterocycles. The fourth-order valence-corrected chi connectivity index (χ4v) is 4.71. The Hall–Kier alpha value is -3.58. The number of pyridine rings is 1. The number of sulfone groups is 1. The van der Waals surface area contributed by atoms with Gasteiger partial charge in [0.15, 0.2) is 15.5 Å². The number of nitrogens with one attached hydrogen (secondary N) is 1. The van der Waals surface area contributed by atoms with Crippen LogP contribution in [0.4, 0.5) is 0 Å². The van der Waals surface area contributed by atoms with E-state index in [1.54, 1.807) is 44.3 Å². The van der Waals surface area contributed by atoms with E-state index in [0.717, 1.165) is 33.0 Å². The van der Waals surface area contributed by atoms with Crippen molar-refractivity contribution in [1.29, 1.82) is 0 Å². The standard InChI is InChI=1S/C24H20N4O2S/c1-15(2)31(29,30)18-9-7-16(8-10-18)22-14-27-24-23(28-22)21(13-26-24)20-12-25-11-17-5-3-4-6-19(17)20/h3-15H,1-2H3,(H,26,27). The summed E-state index contributed by atoms with van der Waals surface area (Å²) in [4.78, 5) is 17.3. The summed E-state index contributed by atoms with van der Waals surface area (Å²) in [6.45, 7) is 3.36. The highest BCUT2D eigenvalue weighted by molar-refractivity contribution is 7.92. The molecule has 31 heavy (non-hydrogen) atoms. The zero-order valence-electron chi connectivity index (χ0n) is 17.1. The molecule has 154 valence electrons. The van der Waals surface area contributed by atoms with Crippen LogP contribution in [0.15, 0.2) is 78.2 Å². The lowest BCUT2D eigenvalue weighted by atomic mass is 10.0. The molecule has 0 atom stereocenters. The van der Waals surface area contributed by atoms with Gasteiger partial charge in [-0.2, -0.15) is 0 Å². The fourth-order valence-electron chi connectivity index (χ4n) is 3.65. The summed E-state index contributed by atoms with van der Waals surface area (Å²) in [7, 11) is -3.31. The minimum atomic E-state index is -3.31. The molecule has 5 rings (SSSR count). The Balaban J connectivity index is 1.62. The van der Waals surface area contributed by atoms with Gasteiger partial charge in [0.25, 0.3) is 0 Å². The molecule has 0 aliphatic carbocycles. The number of benzene rings is 2. The third kappa shape index (κ3) is 3.27. The lowest BCUT2D eigenvalue weighted by Gasteiger charge is -2.09. The quantitative estimate of drug-likeness (QED) is 0.434. The molecule has 6 nitrogen and oxygen atoms in total. The van der Waals surface area contributed by atoms with Crippen LogP contribution in [0.3, 0.4) is 0 Å². The average Bonchev–Trinajstić information content (AvgIpc) is 3.21. The molecule has 3 heterocycles. The molecule has 7 heteroatoms. The van der Waals surface area contributed by atoms with E-state index in [1.165, 1.54) is 0 Å². The van der Waals surface area contributed by atoms with E-state index < -0.39 is 15.1 Å². The van der Waals surface area contributed by atoms with Gasteiger partial charge in [0.2, 0.25) is 0 Å². The zero-order valence-corrected chi connectivity index (χ0v) is 17.9. The van der Waals surface area contributed by atoms with Crippen molar-refractivity contribution in [3.8, 4) is 22.4 Å². The maximum atomic E-state index is 12.4. The summed E-state index contributed by atoms with van der Waals surface area (Å²) in [6, 6.07) is 14.9. The SMILES string of the molecule is CC(C)S(=O)(=O)c1ccc(-c2cnc3[nH]cc(-c4cncc5ccccc45)c3n2)cc1. The van der Waals surface area contributed by atoms with E-state index in [2.05, 4.69) is 21.0 Å². The van der Waals surface area contributed by atoms with Crippen LogP contribution in [0.1, 0.15) is 13.8 Å². The molecule has 3 aromatic heterocycles. The van der Waals surface area contributed by atoms with Crippen LogP contribution < -0.4 is 0 Å². The van der Waals surface area contributed by atoms with Gasteiger partial charge in [0.1, 0.15) is 5.52 Å². The molecule has 0 saturated heterocycles. The van der Waals surface area contributed by atoms with Gasteiger partial charge >= 0.3 is 0 Å². The van der Waals surface area contributed by atoms with Crippen LogP contribution in [0.2, 0.25) is 0 Å². The molecule has 0 amide bonds. The van der Waals surface area contributed by atoms with E-state index in [9.17, 15) is 8.42 Å². The predicted molar refractivity (Wildman–Crippen MR) is 122 cm³/mol. The Kier molecular flexibility index (Phi) is 4.55. The molecule has 5 aromatic rings. The number of nitrogens with zero attached hydrogens (tertiary/aromatic N) is 3. The number of hydrogen-bond acceptors (Lipinski definition) is 5. The molecule has 2 aromatic carbocycles. The van der Waals surface area contributed by atoms with Crippen LogP contribution >= 0.6 is 0 Å². The summed E-state index contributed by atoms with van der Waals surface area (Å²) < 4.78 is 24.8. The highest BCUT2D eigenvalue weighted by Gasteiger charge is 2.19. The van der Waals surface area contributed by atoms with Gasteiger partial charge in [0, 0.05) is 40.7 Å². The Morgan fingerprint density at radius 2 is 1.68 bits per heavy atom. The summed E-state index contributed by atoms with van der Waals surface area (Å²) in [5.74, 6) is 0. The van der Waals surface area contributed by atoms with E-state index in [-0.39, 0.29) is 0 Å². The predicted octanol–water partition coefficient (Wildman–Crippen LogP) is 5.02. The van der Waals surface area contributed by atoms with Crippen molar-refractivity contribution < 1.29 is 8.42 Å². The van der Waals surface area contributed by atoms with Crippen molar-refractivity contribution in [2.45, 2.75) is 24.0 Å². The summed E-state index contributed by atoms with van der Waals surface area (Å²) in [5, 5.41) is 1.68. The highest BCUT2D eigenvalue weighted by atomic mass is 32.2. The van der Waals surface area contributed by atoms with Crippen molar-refractivity contribution >= 4 is 31.8 Å². The number of aromatic nitrogens is 4. The van der Waals surface area contributed by atoms with Gasteiger partial charge in [0.05, 0.1) is 22.0 Å². The minimum absolute atomic E-state index is 0.310. The summed E-state index contributed by atoms with van der Waals surface area (Å²) >= 11 is 0. The monoisotopic (exact) mass is 428 g/mol. The number of rotatable bonds is 4. The molecule has 0 saturated carbocycles. The van der Waals surface area contributed by atoms with Gasteiger partial charge in [-0.15, -0.1) is 0 Å². The van der Waals surface area contributed by atoms with Crippen LogP contribution in [-0.2, 0) is 9.84 Å². The third-order valence-corrected chi connectivity index (χ3v) is 7.61. The van der Waals surface area contributed by atoms with Crippen LogP contribution in [0, 0.1) is 0 Å². The lowest BCUT2D eigenvalue weighted by Crippen LogP contribution is -2.13. The van der Waals surface area contributed by atoms with Crippen LogP contribution in [-0.4, -0.2) is 33.6 Å². The first-order valence-electron chi connectivity index (χ1n) is 9.97. The first-order valence-corrected chi connectivity index (χ1v) is 11.5. The third-order valence-electron chi connectivity index (χ3n) is 5.44. The first-order chi connectivity index (χ1) is 14.9. The van der Waals surface area contributed by atoms with Crippen molar-refractivity contribution in [3.05, 3.63) is 73.3 Å². The average molecular weight is 429 g/mol. The Labute approximate surface area is 179 Å². The molecule has 1 N–H and O–H groups in total. The van der Waals surface area contributed by atoms with Gasteiger partial charge in [-0.25, -0.2) is 18.4 Å². The molecule has 0 bridgehead atoms. The topological polar surface area (TPSA) is 88.6 Å². The second-order valence-electron chi connectivity index (χ2n) is 7.68. The molecule has 0 unspecified atom stereocenters. The largest absolute Gasteiger partial charge is 0.344 e. The molecular formula is C24H20N4O2S. The van der Waals surface area contributed by atoms with E-state index in [1.807, 2.05) is 36.8 Å². The summed E-state index contributed by atoms with van der Waals surface area (Å²) in [6.07, 6.45) is 7.27. The second kappa shape index (κ2) is 7.28. The number of H-pyrrole nitrogens is 1. The minimum Gasteiger partial charge on any atom is -0.344 e. The fraction of sp³-hybridized carbons (Fsp3) is 0.125. The summed E-state index contributed by atoms with van der Waals surface area (Å²) in [5.41, 5.74) is 4.82. The molecule has 0 spiro atoms. The number of fused-ring (bicyclic) bond motifs is 2. The second-order valence-corrected chi connectivity index (χ2v) is 10.2. The van der Waals surface area contributed by atoms with E-state index in [4.69, 9.17) is 4.98 Å². The van der Waals surface area contributed by atoms with Crippen LogP contribution in [0.5, 0.6) is 0 Å². The van der Waals surface area contributed by atoms with Crippen LogP contribution in [0.25, 0.3) is 44.3 Å². The Bertz CT molecular complexity index is 1520. The van der Waals surface area contributed by atoms with Crippen molar-refractivity contribution in [3.63, 3.8) is 0 Å². The van der Waals surface area contributed by atoms with Gasteiger partial charge in [-0.3, -0.25) is 4.98 Å². The Morgan fingerprint density at radius 3 is 2.45 bits per heavy atom. The smallest absolute Gasteiger partial charge is 0.180 e. The van der Waals surface area contributed by atoms with Gasteiger partial charge < -0.3 is 4.98 Å². The molecule has 0 fully saturated rings. The molecule has 0 radical (unpaired) electrons. The number of hydrogen-bond donors (Lipinski definition) is 1. The van der Waals surface area contributed by atoms with E-state index >= 15 is 0 Å². The van der Waals surface area contributed by atoms with Gasteiger partial charge in [-0.1, -0.05) is 36.4 Å². The lowest BCUT2D eigenvalue weighted by molar-refractivity contribution is 0.587. The number of aromatic amines is 1. The van der Waals surface area contributed by atoms with E-state index in [0.29, 0.717) is 16.2 Å². The van der Waals surface area contributed by atoms with Crippen molar-refractivity contribution in [1.82, 2.24) is 19.9 Å². The molecular weight excluding hydrogens is 408 g/mol. The van der Waals surface area contributed by atoms with Crippen molar-refractivity contribution in [2.24, 2.45) is 0 Å². The van der Waals surface area contributed by atoms with Gasteiger partial charge in [-0.05, 0) is 31.4 Å².